The normalized spacial score (nSPS) is 13.7. The topological polar surface area (TPSA) is 37.3 Å². The van der Waals surface area contributed by atoms with Crippen LogP contribution in [0.4, 0.5) is 4.39 Å². The highest BCUT2D eigenvalue weighted by Gasteiger charge is 2.28. The van der Waals surface area contributed by atoms with E-state index in [-0.39, 0.29) is 11.6 Å². The van der Waals surface area contributed by atoms with Gasteiger partial charge in [-0.2, -0.15) is 0 Å². The first-order chi connectivity index (χ1) is 6.82. The summed E-state index contributed by atoms with van der Waals surface area (Å²) in [7, 11) is 0. The Balaban J connectivity index is 2.90. The van der Waals surface area contributed by atoms with Crippen LogP contribution in [0.15, 0.2) is 24.3 Å². The molecule has 15 heavy (non-hydrogen) atoms. The molecule has 0 amide bonds. The maximum atomic E-state index is 12.6. The van der Waals surface area contributed by atoms with Gasteiger partial charge in [-0.3, -0.25) is 4.79 Å². The summed E-state index contributed by atoms with van der Waals surface area (Å²) in [6.07, 6.45) is -1.18. The molecule has 0 fully saturated rings. The van der Waals surface area contributed by atoms with Gasteiger partial charge in [-0.25, -0.2) is 4.39 Å². The molecule has 0 bridgehead atoms. The Labute approximate surface area is 88.7 Å². The number of halogens is 1. The minimum atomic E-state index is -1.18. The molecule has 1 aromatic rings. The van der Waals surface area contributed by atoms with Crippen LogP contribution in [-0.2, 0) is 4.79 Å². The number of carbonyl (C=O) groups is 1. The van der Waals surface area contributed by atoms with Gasteiger partial charge in [0.15, 0.2) is 5.78 Å². The van der Waals surface area contributed by atoms with Gasteiger partial charge in [0.1, 0.15) is 11.9 Å². The highest BCUT2D eigenvalue weighted by molar-refractivity contribution is 5.88. The fraction of sp³-hybridized carbons (Fsp3) is 0.417. The Morgan fingerprint density at radius 1 is 1.27 bits per heavy atom. The van der Waals surface area contributed by atoms with Gasteiger partial charge in [0.25, 0.3) is 0 Å². The van der Waals surface area contributed by atoms with E-state index in [1.54, 1.807) is 20.8 Å². The van der Waals surface area contributed by atoms with Crippen molar-refractivity contribution in [1.29, 1.82) is 0 Å². The number of carbonyl (C=O) groups excluding carboxylic acids is 1. The molecule has 1 unspecified atom stereocenters. The van der Waals surface area contributed by atoms with E-state index in [2.05, 4.69) is 0 Å². The van der Waals surface area contributed by atoms with Crippen molar-refractivity contribution >= 4 is 5.78 Å². The minimum absolute atomic E-state index is 0.269. The second-order valence-electron chi connectivity index (χ2n) is 4.57. The molecule has 0 aliphatic carbocycles. The number of aliphatic hydroxyl groups excluding tert-OH is 1. The molecule has 2 nitrogen and oxygen atoms in total. The molecule has 1 N–H and O–H groups in total. The molecule has 0 radical (unpaired) electrons. The van der Waals surface area contributed by atoms with Crippen LogP contribution in [0.1, 0.15) is 32.4 Å². The summed E-state index contributed by atoms with van der Waals surface area (Å²) in [5, 5.41) is 9.74. The molecule has 0 spiro atoms. The molecule has 1 atom stereocenters. The Morgan fingerprint density at radius 2 is 1.73 bits per heavy atom. The molecule has 82 valence electrons. The van der Waals surface area contributed by atoms with E-state index in [0.29, 0.717) is 5.56 Å². The van der Waals surface area contributed by atoms with Gasteiger partial charge in [-0.1, -0.05) is 32.9 Å². The number of Topliss-reactive ketones (excluding diaryl/α,β-unsaturated/α-hetero) is 1. The van der Waals surface area contributed by atoms with Crippen molar-refractivity contribution < 1.29 is 14.3 Å². The molecule has 0 saturated heterocycles. The maximum absolute atomic E-state index is 12.6. The number of hydrogen-bond acceptors (Lipinski definition) is 2. The second-order valence-corrected chi connectivity index (χ2v) is 4.57. The SMILES string of the molecule is CC(C)(C)C(=O)C(O)c1ccc(F)cc1. The first-order valence-electron chi connectivity index (χ1n) is 4.80. The van der Waals surface area contributed by atoms with Crippen molar-refractivity contribution in [2.45, 2.75) is 26.9 Å². The maximum Gasteiger partial charge on any atom is 0.171 e. The van der Waals surface area contributed by atoms with Crippen molar-refractivity contribution in [2.75, 3.05) is 0 Å². The molecule has 3 heteroatoms. The zero-order chi connectivity index (χ0) is 11.6. The Kier molecular flexibility index (Phi) is 3.25. The smallest absolute Gasteiger partial charge is 0.171 e. The highest BCUT2D eigenvalue weighted by Crippen LogP contribution is 2.25. The summed E-state index contributed by atoms with van der Waals surface area (Å²) in [5.41, 5.74) is -0.176. The Morgan fingerprint density at radius 3 is 2.13 bits per heavy atom. The van der Waals surface area contributed by atoms with Crippen LogP contribution in [0.5, 0.6) is 0 Å². The summed E-state index contributed by atoms with van der Waals surface area (Å²) in [4.78, 5) is 11.7. The largest absolute Gasteiger partial charge is 0.381 e. The van der Waals surface area contributed by atoms with Gasteiger partial charge in [0.05, 0.1) is 0 Å². The standard InChI is InChI=1S/C12H15FO2/c1-12(2,3)11(15)10(14)8-4-6-9(13)7-5-8/h4-7,10,14H,1-3H3. The summed E-state index contributed by atoms with van der Waals surface area (Å²) >= 11 is 0. The lowest BCUT2D eigenvalue weighted by Crippen LogP contribution is -2.26. The van der Waals surface area contributed by atoms with Gasteiger partial charge >= 0.3 is 0 Å². The van der Waals surface area contributed by atoms with Crippen molar-refractivity contribution in [2.24, 2.45) is 5.41 Å². The zero-order valence-electron chi connectivity index (χ0n) is 9.12. The monoisotopic (exact) mass is 210 g/mol. The van der Waals surface area contributed by atoms with E-state index in [4.69, 9.17) is 0 Å². The first kappa shape index (κ1) is 11.9. The predicted molar refractivity (Wildman–Crippen MR) is 55.8 cm³/mol. The molecule has 0 aromatic heterocycles. The molecular formula is C12H15FO2. The molecular weight excluding hydrogens is 195 g/mol. The third-order valence-electron chi connectivity index (χ3n) is 2.17. The van der Waals surface area contributed by atoms with Crippen molar-refractivity contribution in [1.82, 2.24) is 0 Å². The van der Waals surface area contributed by atoms with E-state index >= 15 is 0 Å². The van der Waals surface area contributed by atoms with E-state index in [1.807, 2.05) is 0 Å². The number of aliphatic hydroxyl groups is 1. The van der Waals surface area contributed by atoms with Gasteiger partial charge in [0, 0.05) is 5.41 Å². The van der Waals surface area contributed by atoms with Crippen LogP contribution in [0.2, 0.25) is 0 Å². The summed E-state index contributed by atoms with van der Waals surface area (Å²) in [6, 6.07) is 5.30. The van der Waals surface area contributed by atoms with Gasteiger partial charge in [-0.15, -0.1) is 0 Å². The predicted octanol–water partition coefficient (Wildman–Crippen LogP) is 2.47. The number of rotatable bonds is 2. The lowest BCUT2D eigenvalue weighted by atomic mass is 9.85. The summed E-state index contributed by atoms with van der Waals surface area (Å²) in [5.74, 6) is -0.650. The van der Waals surface area contributed by atoms with Crippen LogP contribution in [0.25, 0.3) is 0 Å². The molecule has 1 rings (SSSR count). The van der Waals surface area contributed by atoms with Crippen molar-refractivity contribution in [3.8, 4) is 0 Å². The van der Waals surface area contributed by atoms with Gasteiger partial charge < -0.3 is 5.11 Å². The van der Waals surface area contributed by atoms with Gasteiger partial charge in [-0.05, 0) is 17.7 Å². The van der Waals surface area contributed by atoms with E-state index < -0.39 is 11.5 Å². The third kappa shape index (κ3) is 2.86. The highest BCUT2D eigenvalue weighted by atomic mass is 19.1. The second kappa shape index (κ2) is 4.11. The fourth-order valence-corrected chi connectivity index (χ4v) is 1.21. The average Bonchev–Trinajstić information content (AvgIpc) is 2.15. The quantitative estimate of drug-likeness (QED) is 0.814. The lowest BCUT2D eigenvalue weighted by molar-refractivity contribution is -0.135. The molecule has 1 aromatic carbocycles. The zero-order valence-corrected chi connectivity index (χ0v) is 9.12. The van der Waals surface area contributed by atoms with Crippen LogP contribution >= 0.6 is 0 Å². The molecule has 0 aliphatic rings. The van der Waals surface area contributed by atoms with Crippen LogP contribution < -0.4 is 0 Å². The van der Waals surface area contributed by atoms with Crippen molar-refractivity contribution in [3.05, 3.63) is 35.6 Å². The number of ketones is 1. The first-order valence-corrected chi connectivity index (χ1v) is 4.80. The molecule has 0 saturated carbocycles. The van der Waals surface area contributed by atoms with E-state index in [1.165, 1.54) is 24.3 Å². The van der Waals surface area contributed by atoms with Gasteiger partial charge in [0.2, 0.25) is 0 Å². The van der Waals surface area contributed by atoms with Crippen molar-refractivity contribution in [3.63, 3.8) is 0 Å². The Hall–Kier alpha value is -1.22. The average molecular weight is 210 g/mol. The molecule has 0 heterocycles. The summed E-state index contributed by atoms with van der Waals surface area (Å²) in [6.45, 7) is 5.21. The Bertz CT molecular complexity index is 349. The number of hydrogen-bond donors (Lipinski definition) is 1. The fourth-order valence-electron chi connectivity index (χ4n) is 1.21. The third-order valence-corrected chi connectivity index (χ3v) is 2.17. The molecule has 0 aliphatic heterocycles. The number of benzene rings is 1. The minimum Gasteiger partial charge on any atom is -0.381 e. The van der Waals surface area contributed by atoms with Crippen LogP contribution in [0, 0.1) is 11.2 Å². The van der Waals surface area contributed by atoms with E-state index in [9.17, 15) is 14.3 Å². The lowest BCUT2D eigenvalue weighted by Gasteiger charge is -2.21. The van der Waals surface area contributed by atoms with Crippen LogP contribution in [-0.4, -0.2) is 10.9 Å². The van der Waals surface area contributed by atoms with Crippen LogP contribution in [0.3, 0.4) is 0 Å². The summed E-state index contributed by atoms with van der Waals surface area (Å²) < 4.78 is 12.6. The van der Waals surface area contributed by atoms with E-state index in [0.717, 1.165) is 0 Å².